The number of nitrogens with one attached hydrogen (secondary N) is 1. The molecule has 0 saturated heterocycles. The molecule has 208 valence electrons. The van der Waals surface area contributed by atoms with Gasteiger partial charge in [0.25, 0.3) is 5.91 Å². The Morgan fingerprint density at radius 2 is 1.79 bits per heavy atom. The number of esters is 1. The predicted molar refractivity (Wildman–Crippen MR) is 149 cm³/mol. The molecule has 1 saturated carbocycles. The third kappa shape index (κ3) is 7.21. The SMILES string of the molecule is COc1ccc(Cl)cc1C(=O)NCCc1ccc(C[C@@H](C)C(=O)C2=C(O)[C@H](CC3CCCCC3)OC2=O)cc1. The largest absolute Gasteiger partial charge is 0.507 e. The maximum atomic E-state index is 13.1. The monoisotopic (exact) mass is 553 g/mol. The number of carbonyl (C=O) groups excluding carboxylic acids is 3. The van der Waals surface area contributed by atoms with Crippen LogP contribution >= 0.6 is 11.6 Å². The molecule has 7 nitrogen and oxygen atoms in total. The van der Waals surface area contributed by atoms with Crippen LogP contribution in [0.1, 0.15) is 66.9 Å². The number of ketones is 1. The first-order valence-corrected chi connectivity index (χ1v) is 14.0. The van der Waals surface area contributed by atoms with Crippen LogP contribution in [0.15, 0.2) is 53.8 Å². The van der Waals surface area contributed by atoms with Gasteiger partial charge in [0.1, 0.15) is 11.3 Å². The van der Waals surface area contributed by atoms with Crippen LogP contribution < -0.4 is 10.1 Å². The molecule has 1 amide bonds. The van der Waals surface area contributed by atoms with E-state index in [1.165, 1.54) is 13.5 Å². The highest BCUT2D eigenvalue weighted by Crippen LogP contribution is 2.34. The topological polar surface area (TPSA) is 102 Å². The number of ether oxygens (including phenoxy) is 2. The van der Waals surface area contributed by atoms with Gasteiger partial charge in [0, 0.05) is 17.5 Å². The number of methoxy groups -OCH3 is 1. The third-order valence-electron chi connectivity index (χ3n) is 7.65. The van der Waals surface area contributed by atoms with Crippen molar-refractivity contribution in [1.82, 2.24) is 5.32 Å². The first kappa shape index (κ1) is 28.7. The average Bonchev–Trinajstić information content (AvgIpc) is 3.21. The Morgan fingerprint density at radius 3 is 2.49 bits per heavy atom. The Kier molecular flexibility index (Phi) is 9.68. The molecule has 39 heavy (non-hydrogen) atoms. The molecule has 2 atom stereocenters. The van der Waals surface area contributed by atoms with Gasteiger partial charge in [0.2, 0.25) is 0 Å². The molecule has 1 fully saturated rings. The van der Waals surface area contributed by atoms with Crippen molar-refractivity contribution in [2.45, 2.75) is 64.4 Å². The van der Waals surface area contributed by atoms with Gasteiger partial charge in [-0.25, -0.2) is 4.79 Å². The van der Waals surface area contributed by atoms with Gasteiger partial charge in [-0.1, -0.05) is 74.9 Å². The lowest BCUT2D eigenvalue weighted by molar-refractivity contribution is -0.142. The predicted octanol–water partition coefficient (Wildman–Crippen LogP) is 5.78. The number of halogens is 1. The van der Waals surface area contributed by atoms with Crippen molar-refractivity contribution in [2.24, 2.45) is 11.8 Å². The summed E-state index contributed by atoms with van der Waals surface area (Å²) < 4.78 is 10.6. The average molecular weight is 554 g/mol. The summed E-state index contributed by atoms with van der Waals surface area (Å²) in [4.78, 5) is 38.1. The lowest BCUT2D eigenvalue weighted by Gasteiger charge is -2.23. The molecule has 0 aromatic heterocycles. The summed E-state index contributed by atoms with van der Waals surface area (Å²) >= 11 is 6.02. The van der Waals surface area contributed by atoms with E-state index in [2.05, 4.69) is 5.32 Å². The molecule has 2 aromatic carbocycles. The van der Waals surface area contributed by atoms with Crippen molar-refractivity contribution in [3.8, 4) is 5.75 Å². The summed E-state index contributed by atoms with van der Waals surface area (Å²) in [6.45, 7) is 2.19. The molecule has 1 aliphatic carbocycles. The van der Waals surface area contributed by atoms with Crippen LogP contribution in [0.25, 0.3) is 0 Å². The zero-order chi connectivity index (χ0) is 27.9. The minimum Gasteiger partial charge on any atom is -0.507 e. The summed E-state index contributed by atoms with van der Waals surface area (Å²) in [5, 5.41) is 14.0. The maximum absolute atomic E-state index is 13.1. The Bertz CT molecular complexity index is 1230. The molecule has 1 aliphatic heterocycles. The van der Waals surface area contributed by atoms with E-state index in [4.69, 9.17) is 21.1 Å². The van der Waals surface area contributed by atoms with Gasteiger partial charge >= 0.3 is 5.97 Å². The summed E-state index contributed by atoms with van der Waals surface area (Å²) in [6, 6.07) is 12.7. The van der Waals surface area contributed by atoms with E-state index in [1.54, 1.807) is 25.1 Å². The van der Waals surface area contributed by atoms with Gasteiger partial charge in [-0.2, -0.15) is 0 Å². The number of amides is 1. The number of hydrogen-bond donors (Lipinski definition) is 2. The zero-order valence-corrected chi connectivity index (χ0v) is 23.3. The Balaban J connectivity index is 1.29. The fraction of sp³-hybridized carbons (Fsp3) is 0.452. The van der Waals surface area contributed by atoms with E-state index in [1.807, 2.05) is 24.3 Å². The van der Waals surface area contributed by atoms with Gasteiger partial charge < -0.3 is 19.9 Å². The summed E-state index contributed by atoms with van der Waals surface area (Å²) in [6.07, 6.45) is 6.61. The van der Waals surface area contributed by atoms with Crippen molar-refractivity contribution >= 4 is 29.3 Å². The van der Waals surface area contributed by atoms with Crippen LogP contribution in [0.5, 0.6) is 5.75 Å². The Labute approximate surface area is 234 Å². The molecule has 0 unspecified atom stereocenters. The molecule has 0 bridgehead atoms. The molecular weight excluding hydrogens is 518 g/mol. The highest BCUT2D eigenvalue weighted by atomic mass is 35.5. The summed E-state index contributed by atoms with van der Waals surface area (Å²) in [7, 11) is 1.50. The fourth-order valence-corrected chi connectivity index (χ4v) is 5.60. The van der Waals surface area contributed by atoms with Gasteiger partial charge in [-0.3, -0.25) is 9.59 Å². The third-order valence-corrected chi connectivity index (χ3v) is 7.89. The molecule has 2 aromatic rings. The molecular formula is C31H36ClNO6. The molecule has 0 radical (unpaired) electrons. The van der Waals surface area contributed by atoms with Gasteiger partial charge in [0.05, 0.1) is 12.7 Å². The summed E-state index contributed by atoms with van der Waals surface area (Å²) in [5.41, 5.74) is 2.16. The zero-order valence-electron chi connectivity index (χ0n) is 22.5. The van der Waals surface area contributed by atoms with Crippen molar-refractivity contribution in [1.29, 1.82) is 0 Å². The number of Topliss-reactive ketones (excluding diaryl/α,β-unsaturated/α-hetero) is 1. The van der Waals surface area contributed by atoms with Crippen LogP contribution in [-0.2, 0) is 27.2 Å². The number of aliphatic hydroxyl groups excluding tert-OH is 1. The van der Waals surface area contributed by atoms with Crippen molar-refractivity contribution in [3.05, 3.63) is 75.5 Å². The smallest absolute Gasteiger partial charge is 0.346 e. The highest BCUT2D eigenvalue weighted by Gasteiger charge is 2.40. The molecule has 8 heteroatoms. The quantitative estimate of drug-likeness (QED) is 0.270. The number of cyclic esters (lactones) is 1. The van der Waals surface area contributed by atoms with E-state index in [0.717, 1.165) is 36.8 Å². The van der Waals surface area contributed by atoms with Crippen molar-refractivity contribution < 1.29 is 29.0 Å². The number of benzene rings is 2. The second kappa shape index (κ2) is 13.2. The molecule has 0 spiro atoms. The van der Waals surface area contributed by atoms with E-state index >= 15 is 0 Å². The van der Waals surface area contributed by atoms with Crippen LogP contribution in [0, 0.1) is 11.8 Å². The lowest BCUT2D eigenvalue weighted by atomic mass is 9.84. The van der Waals surface area contributed by atoms with E-state index in [-0.39, 0.29) is 23.0 Å². The van der Waals surface area contributed by atoms with Crippen LogP contribution in [0.4, 0.5) is 0 Å². The second-order valence-electron chi connectivity index (χ2n) is 10.5. The summed E-state index contributed by atoms with van der Waals surface area (Å²) in [5.74, 6) is -1.17. The maximum Gasteiger partial charge on any atom is 0.346 e. The van der Waals surface area contributed by atoms with Crippen LogP contribution in [-0.4, -0.2) is 42.5 Å². The minimum absolute atomic E-state index is 0.188. The van der Waals surface area contributed by atoms with Gasteiger partial charge in [-0.15, -0.1) is 0 Å². The first-order valence-electron chi connectivity index (χ1n) is 13.6. The first-order chi connectivity index (χ1) is 18.8. The molecule has 2 N–H and O–H groups in total. The van der Waals surface area contributed by atoms with E-state index in [0.29, 0.717) is 48.1 Å². The minimum atomic E-state index is -0.710. The number of hydrogen-bond acceptors (Lipinski definition) is 6. The van der Waals surface area contributed by atoms with Crippen molar-refractivity contribution in [3.63, 3.8) is 0 Å². The molecule has 1 heterocycles. The Hall–Kier alpha value is -3.32. The van der Waals surface area contributed by atoms with Gasteiger partial charge in [0.15, 0.2) is 17.6 Å². The fourth-order valence-electron chi connectivity index (χ4n) is 5.43. The van der Waals surface area contributed by atoms with E-state index in [9.17, 15) is 19.5 Å². The number of carbonyl (C=O) groups is 3. The standard InChI is InChI=1S/C31H36ClNO6/c1-19(28(34)27-29(35)26(39-31(27)37)17-21-6-4-3-5-7-21)16-22-10-8-20(9-11-22)14-15-33-30(36)24-18-23(32)12-13-25(24)38-2/h8-13,18-19,21,26,35H,3-7,14-17H2,1-2H3,(H,33,36)/t19-,26+/m1/s1. The van der Waals surface area contributed by atoms with Crippen LogP contribution in [0.3, 0.4) is 0 Å². The molecule has 4 rings (SSSR count). The van der Waals surface area contributed by atoms with Crippen LogP contribution in [0.2, 0.25) is 5.02 Å². The van der Waals surface area contributed by atoms with Crippen molar-refractivity contribution in [2.75, 3.05) is 13.7 Å². The highest BCUT2D eigenvalue weighted by molar-refractivity contribution is 6.31. The van der Waals surface area contributed by atoms with Gasteiger partial charge in [-0.05, 0) is 54.5 Å². The lowest BCUT2D eigenvalue weighted by Crippen LogP contribution is -2.26. The van der Waals surface area contributed by atoms with E-state index < -0.39 is 18.0 Å². The molecule has 2 aliphatic rings. The Morgan fingerprint density at radius 1 is 1.10 bits per heavy atom. The number of aliphatic hydroxyl groups is 1. The number of rotatable bonds is 11. The normalized spacial score (nSPS) is 18.5. The second-order valence-corrected chi connectivity index (χ2v) is 11.0.